The molecule has 1 amide bonds. The molecule has 1 atom stereocenters. The van der Waals surface area contributed by atoms with Crippen LogP contribution in [-0.2, 0) is 11.2 Å². The topological polar surface area (TPSA) is 81.2 Å². The van der Waals surface area contributed by atoms with Crippen LogP contribution in [0.5, 0.6) is 0 Å². The van der Waals surface area contributed by atoms with E-state index in [9.17, 15) is 4.79 Å². The summed E-state index contributed by atoms with van der Waals surface area (Å²) in [6, 6.07) is 10.7. The zero-order chi connectivity index (χ0) is 13.0. The lowest BCUT2D eigenvalue weighted by atomic mass is 10.1. The predicted molar refractivity (Wildman–Crippen MR) is 68.0 cm³/mol. The first-order valence-electron chi connectivity index (χ1n) is 5.69. The summed E-state index contributed by atoms with van der Waals surface area (Å²) < 4.78 is 4.86. The number of carbonyl (C=O) groups is 1. The van der Waals surface area contributed by atoms with Gasteiger partial charge in [0.25, 0.3) is 0 Å². The molecule has 0 radical (unpaired) electrons. The van der Waals surface area contributed by atoms with Crippen molar-refractivity contribution >= 4 is 11.7 Å². The molecule has 0 bridgehead atoms. The summed E-state index contributed by atoms with van der Waals surface area (Å²) in [7, 11) is 0. The highest BCUT2D eigenvalue weighted by Crippen LogP contribution is 2.08. The van der Waals surface area contributed by atoms with Gasteiger partial charge < -0.3 is 15.6 Å². The van der Waals surface area contributed by atoms with Crippen molar-refractivity contribution < 1.29 is 9.32 Å². The van der Waals surface area contributed by atoms with Gasteiger partial charge in [-0.2, -0.15) is 0 Å². The Kier molecular flexibility index (Phi) is 3.74. The van der Waals surface area contributed by atoms with Crippen molar-refractivity contribution in [3.8, 4) is 0 Å². The molecule has 0 spiro atoms. The Labute approximate surface area is 105 Å². The minimum atomic E-state index is -0.607. The summed E-state index contributed by atoms with van der Waals surface area (Å²) in [6.07, 6.45) is 0.490. The van der Waals surface area contributed by atoms with Gasteiger partial charge >= 0.3 is 0 Å². The largest absolute Gasteiger partial charge is 0.360 e. The molecule has 5 nitrogen and oxygen atoms in total. The Balaban J connectivity index is 1.93. The summed E-state index contributed by atoms with van der Waals surface area (Å²) >= 11 is 0. The van der Waals surface area contributed by atoms with E-state index in [4.69, 9.17) is 10.3 Å². The molecule has 1 heterocycles. The highest BCUT2D eigenvalue weighted by atomic mass is 16.5. The third-order valence-corrected chi connectivity index (χ3v) is 2.51. The van der Waals surface area contributed by atoms with Gasteiger partial charge in [0.05, 0.1) is 6.04 Å². The van der Waals surface area contributed by atoms with Crippen molar-refractivity contribution in [2.75, 3.05) is 5.32 Å². The molecule has 0 aliphatic rings. The number of benzene rings is 1. The van der Waals surface area contributed by atoms with Crippen molar-refractivity contribution in [2.24, 2.45) is 5.73 Å². The number of aryl methyl sites for hydroxylation is 1. The molecule has 2 aromatic rings. The first kappa shape index (κ1) is 12.3. The lowest BCUT2D eigenvalue weighted by Gasteiger charge is -2.10. The minimum Gasteiger partial charge on any atom is -0.360 e. The third-order valence-electron chi connectivity index (χ3n) is 2.51. The maximum absolute atomic E-state index is 11.8. The second kappa shape index (κ2) is 5.46. The molecule has 0 saturated carbocycles. The Bertz CT molecular complexity index is 522. The Morgan fingerprint density at radius 3 is 2.78 bits per heavy atom. The minimum absolute atomic E-state index is 0.271. The van der Waals surface area contributed by atoms with E-state index in [1.54, 1.807) is 13.0 Å². The second-order valence-corrected chi connectivity index (χ2v) is 4.11. The number of carbonyl (C=O) groups excluding carboxylic acids is 1. The van der Waals surface area contributed by atoms with Gasteiger partial charge in [0.2, 0.25) is 5.91 Å². The molecule has 2 rings (SSSR count). The SMILES string of the molecule is Cc1cc(NC(=O)C(N)Cc2ccccc2)no1. The molecule has 1 aromatic heterocycles. The highest BCUT2D eigenvalue weighted by molar-refractivity contribution is 5.94. The summed E-state index contributed by atoms with van der Waals surface area (Å²) in [4.78, 5) is 11.8. The number of hydrogen-bond acceptors (Lipinski definition) is 4. The van der Waals surface area contributed by atoms with Gasteiger partial charge in [-0.15, -0.1) is 0 Å². The van der Waals surface area contributed by atoms with Crippen LogP contribution in [0.3, 0.4) is 0 Å². The summed E-state index contributed by atoms with van der Waals surface area (Å²) in [5, 5.41) is 6.30. The molecular weight excluding hydrogens is 230 g/mol. The van der Waals surface area contributed by atoms with Crippen LogP contribution in [0.2, 0.25) is 0 Å². The number of amides is 1. The molecule has 0 aliphatic carbocycles. The first-order chi connectivity index (χ1) is 8.65. The number of nitrogens with two attached hydrogens (primary N) is 1. The van der Waals surface area contributed by atoms with E-state index in [1.165, 1.54) is 0 Å². The average molecular weight is 245 g/mol. The molecule has 1 unspecified atom stereocenters. The van der Waals surface area contributed by atoms with E-state index >= 15 is 0 Å². The number of aromatic nitrogens is 1. The number of rotatable bonds is 4. The van der Waals surface area contributed by atoms with Gasteiger partial charge in [0.15, 0.2) is 5.82 Å². The molecule has 3 N–H and O–H groups in total. The van der Waals surface area contributed by atoms with Crippen LogP contribution in [0.4, 0.5) is 5.82 Å². The Morgan fingerprint density at radius 1 is 1.44 bits per heavy atom. The molecule has 0 saturated heterocycles. The van der Waals surface area contributed by atoms with E-state index in [2.05, 4.69) is 10.5 Å². The molecule has 18 heavy (non-hydrogen) atoms. The molecule has 5 heteroatoms. The maximum Gasteiger partial charge on any atom is 0.242 e. The Morgan fingerprint density at radius 2 is 2.17 bits per heavy atom. The lowest BCUT2D eigenvalue weighted by Crippen LogP contribution is -2.37. The van der Waals surface area contributed by atoms with Gasteiger partial charge in [0, 0.05) is 6.07 Å². The van der Waals surface area contributed by atoms with Gasteiger partial charge in [-0.25, -0.2) is 0 Å². The predicted octanol–water partition coefficient (Wildman–Crippen LogP) is 1.49. The first-order valence-corrected chi connectivity index (χ1v) is 5.69. The van der Waals surface area contributed by atoms with Crippen molar-refractivity contribution in [1.82, 2.24) is 5.16 Å². The van der Waals surface area contributed by atoms with E-state index in [0.717, 1.165) is 5.56 Å². The van der Waals surface area contributed by atoms with E-state index in [0.29, 0.717) is 18.0 Å². The van der Waals surface area contributed by atoms with Crippen molar-refractivity contribution in [3.63, 3.8) is 0 Å². The zero-order valence-electron chi connectivity index (χ0n) is 10.1. The summed E-state index contributed by atoms with van der Waals surface area (Å²) in [5.41, 5.74) is 6.86. The van der Waals surface area contributed by atoms with Gasteiger partial charge in [-0.1, -0.05) is 35.5 Å². The summed E-state index contributed by atoms with van der Waals surface area (Å²) in [6.45, 7) is 1.76. The zero-order valence-corrected chi connectivity index (χ0v) is 10.1. The molecule has 1 aromatic carbocycles. The van der Waals surface area contributed by atoms with E-state index < -0.39 is 6.04 Å². The maximum atomic E-state index is 11.8. The fourth-order valence-electron chi connectivity index (χ4n) is 1.60. The molecule has 0 fully saturated rings. The monoisotopic (exact) mass is 245 g/mol. The highest BCUT2D eigenvalue weighted by Gasteiger charge is 2.15. The van der Waals surface area contributed by atoms with Crippen molar-refractivity contribution in [1.29, 1.82) is 0 Å². The van der Waals surface area contributed by atoms with Crippen LogP contribution < -0.4 is 11.1 Å². The number of nitrogens with one attached hydrogen (secondary N) is 1. The standard InChI is InChI=1S/C13H15N3O2/c1-9-7-12(16-18-9)15-13(17)11(14)8-10-5-3-2-4-6-10/h2-7,11H,8,14H2,1H3,(H,15,16,17). The fourth-order valence-corrected chi connectivity index (χ4v) is 1.60. The van der Waals surface area contributed by atoms with Crippen LogP contribution in [0, 0.1) is 6.92 Å². The molecule has 0 aliphatic heterocycles. The average Bonchev–Trinajstić information content (AvgIpc) is 2.76. The summed E-state index contributed by atoms with van der Waals surface area (Å²) in [5.74, 6) is 0.759. The van der Waals surface area contributed by atoms with Gasteiger partial charge in [-0.3, -0.25) is 4.79 Å². The van der Waals surface area contributed by atoms with Crippen LogP contribution in [0.1, 0.15) is 11.3 Å². The van der Waals surface area contributed by atoms with Crippen molar-refractivity contribution in [3.05, 3.63) is 47.7 Å². The van der Waals surface area contributed by atoms with E-state index in [-0.39, 0.29) is 5.91 Å². The van der Waals surface area contributed by atoms with Crippen LogP contribution >= 0.6 is 0 Å². The quantitative estimate of drug-likeness (QED) is 0.855. The third kappa shape index (κ3) is 3.18. The number of hydrogen-bond donors (Lipinski definition) is 2. The van der Waals surface area contributed by atoms with Gasteiger partial charge in [0.1, 0.15) is 5.76 Å². The smallest absolute Gasteiger partial charge is 0.242 e. The van der Waals surface area contributed by atoms with Gasteiger partial charge in [-0.05, 0) is 18.9 Å². The van der Waals surface area contributed by atoms with E-state index in [1.807, 2.05) is 30.3 Å². The van der Waals surface area contributed by atoms with Crippen molar-refractivity contribution in [2.45, 2.75) is 19.4 Å². The normalized spacial score (nSPS) is 12.1. The molecule has 94 valence electrons. The van der Waals surface area contributed by atoms with Crippen LogP contribution in [-0.4, -0.2) is 17.1 Å². The fraction of sp³-hybridized carbons (Fsp3) is 0.231. The lowest BCUT2D eigenvalue weighted by molar-refractivity contribution is -0.117. The number of anilines is 1. The van der Waals surface area contributed by atoms with Crippen LogP contribution in [0.15, 0.2) is 40.9 Å². The Hall–Kier alpha value is -2.14. The second-order valence-electron chi connectivity index (χ2n) is 4.11. The molecular formula is C13H15N3O2. The van der Waals surface area contributed by atoms with Crippen LogP contribution in [0.25, 0.3) is 0 Å². The number of nitrogens with zero attached hydrogens (tertiary/aromatic N) is 1.